The van der Waals surface area contributed by atoms with Gasteiger partial charge in [-0.2, -0.15) is 13.2 Å². The fourth-order valence-corrected chi connectivity index (χ4v) is 0.331. The van der Waals surface area contributed by atoms with Crippen LogP contribution >= 0.6 is 0 Å². The van der Waals surface area contributed by atoms with E-state index in [1.54, 1.807) is 0 Å². The van der Waals surface area contributed by atoms with Gasteiger partial charge < -0.3 is 10.2 Å². The highest BCUT2D eigenvalue weighted by Crippen LogP contribution is 2.24. The van der Waals surface area contributed by atoms with E-state index < -0.39 is 24.8 Å². The van der Waals surface area contributed by atoms with E-state index in [2.05, 4.69) is 0 Å². The Labute approximate surface area is 58.3 Å². The van der Waals surface area contributed by atoms with E-state index in [1.165, 1.54) is 0 Å². The fraction of sp³-hybridized carbons (Fsp3) is 1.00. The summed E-state index contributed by atoms with van der Waals surface area (Å²) < 4.78 is 56.5. The van der Waals surface area contributed by atoms with Crippen molar-refractivity contribution in [2.75, 3.05) is 0 Å². The zero-order valence-electron chi connectivity index (χ0n) is 5.02. The molecule has 0 amide bonds. The van der Waals surface area contributed by atoms with Crippen molar-refractivity contribution in [1.82, 2.24) is 0 Å². The molecule has 0 aliphatic rings. The summed E-state index contributed by atoms with van der Waals surface area (Å²) in [6.07, 6.45) is -15.3. The van der Waals surface area contributed by atoms with Crippen LogP contribution in [0.1, 0.15) is 0 Å². The van der Waals surface area contributed by atoms with Crippen molar-refractivity contribution in [2.45, 2.75) is 24.8 Å². The van der Waals surface area contributed by atoms with Crippen molar-refractivity contribution in [3.63, 3.8) is 0 Å². The quantitative estimate of drug-likeness (QED) is 0.608. The first-order valence-corrected chi connectivity index (χ1v) is 2.48. The van der Waals surface area contributed by atoms with E-state index >= 15 is 0 Å². The van der Waals surface area contributed by atoms with Crippen molar-refractivity contribution < 1.29 is 32.2 Å². The molecule has 0 heterocycles. The van der Waals surface area contributed by atoms with Crippen LogP contribution in [0.5, 0.6) is 0 Å². The Morgan fingerprint density at radius 1 is 1.00 bits per heavy atom. The molecular formula is C4H5F5O2. The second-order valence-electron chi connectivity index (χ2n) is 1.81. The summed E-state index contributed by atoms with van der Waals surface area (Å²) in [7, 11) is 0. The monoisotopic (exact) mass is 180 g/mol. The smallest absolute Gasteiger partial charge is 0.384 e. The largest absolute Gasteiger partial charge is 0.417 e. The molecule has 7 heteroatoms. The zero-order chi connectivity index (χ0) is 9.23. The van der Waals surface area contributed by atoms with Gasteiger partial charge in [-0.3, -0.25) is 0 Å². The molecule has 0 aromatic heterocycles. The molecule has 0 bridgehead atoms. The summed E-state index contributed by atoms with van der Waals surface area (Å²) in [5.41, 5.74) is 0. The molecule has 2 N–H and O–H groups in total. The lowest BCUT2D eigenvalue weighted by atomic mass is 10.2. The molecule has 0 saturated heterocycles. The van der Waals surface area contributed by atoms with Gasteiger partial charge in [0.05, 0.1) is 0 Å². The minimum Gasteiger partial charge on any atom is -0.384 e. The maximum absolute atomic E-state index is 11.3. The molecule has 2 atom stereocenters. The van der Waals surface area contributed by atoms with E-state index in [1.807, 2.05) is 0 Å². The summed E-state index contributed by atoms with van der Waals surface area (Å²) in [5.74, 6) is 0. The zero-order valence-corrected chi connectivity index (χ0v) is 5.02. The minimum atomic E-state index is -5.21. The Morgan fingerprint density at radius 3 is 1.45 bits per heavy atom. The molecule has 0 aromatic rings. The Balaban J connectivity index is 4.13. The highest BCUT2D eigenvalue weighted by Gasteiger charge is 2.46. The van der Waals surface area contributed by atoms with Gasteiger partial charge in [0.2, 0.25) is 0 Å². The van der Waals surface area contributed by atoms with E-state index in [0.717, 1.165) is 0 Å². The highest BCUT2D eigenvalue weighted by molar-refractivity contribution is 4.75. The Kier molecular flexibility index (Phi) is 3.18. The van der Waals surface area contributed by atoms with Crippen LogP contribution in [0.4, 0.5) is 22.0 Å². The number of hydrogen-bond acceptors (Lipinski definition) is 2. The molecule has 0 spiro atoms. The predicted octanol–water partition coefficient (Wildman–Crippen LogP) is 0.536. The first kappa shape index (κ1) is 10.6. The number of aliphatic hydroxyl groups is 2. The standard InChI is InChI=1S/C4H5F5O2/c5-3(6)1(10)2(11)4(7,8)9/h1-3,10-11H. The fourth-order valence-electron chi connectivity index (χ4n) is 0.331. The average Bonchev–Trinajstić information content (AvgIpc) is 1.82. The summed E-state index contributed by atoms with van der Waals surface area (Å²) >= 11 is 0. The van der Waals surface area contributed by atoms with Gasteiger partial charge in [-0.15, -0.1) is 0 Å². The third-order valence-corrected chi connectivity index (χ3v) is 0.917. The molecule has 0 radical (unpaired) electrons. The minimum absolute atomic E-state index is 3.07. The Hall–Kier alpha value is -0.430. The Bertz CT molecular complexity index is 122. The molecule has 68 valence electrons. The second kappa shape index (κ2) is 3.31. The van der Waals surface area contributed by atoms with Crippen LogP contribution in [0.15, 0.2) is 0 Å². The van der Waals surface area contributed by atoms with E-state index in [9.17, 15) is 22.0 Å². The molecular weight excluding hydrogens is 175 g/mol. The Morgan fingerprint density at radius 2 is 1.36 bits per heavy atom. The van der Waals surface area contributed by atoms with Crippen molar-refractivity contribution in [3.05, 3.63) is 0 Å². The number of alkyl halides is 5. The number of aliphatic hydroxyl groups excluding tert-OH is 2. The van der Waals surface area contributed by atoms with E-state index in [0.29, 0.717) is 0 Å². The second-order valence-corrected chi connectivity index (χ2v) is 1.81. The van der Waals surface area contributed by atoms with Gasteiger partial charge >= 0.3 is 6.18 Å². The van der Waals surface area contributed by atoms with Gasteiger partial charge in [0.1, 0.15) is 6.10 Å². The van der Waals surface area contributed by atoms with Gasteiger partial charge in [0.25, 0.3) is 6.43 Å². The lowest BCUT2D eigenvalue weighted by Gasteiger charge is -2.19. The van der Waals surface area contributed by atoms with Gasteiger partial charge in [0, 0.05) is 0 Å². The van der Waals surface area contributed by atoms with Crippen molar-refractivity contribution in [3.8, 4) is 0 Å². The molecule has 2 unspecified atom stereocenters. The van der Waals surface area contributed by atoms with Gasteiger partial charge in [-0.1, -0.05) is 0 Å². The lowest BCUT2D eigenvalue weighted by molar-refractivity contribution is -0.245. The third kappa shape index (κ3) is 2.98. The van der Waals surface area contributed by atoms with Crippen molar-refractivity contribution in [2.24, 2.45) is 0 Å². The summed E-state index contributed by atoms with van der Waals surface area (Å²) in [4.78, 5) is 0. The molecule has 2 nitrogen and oxygen atoms in total. The lowest BCUT2D eigenvalue weighted by Crippen LogP contribution is -2.43. The van der Waals surface area contributed by atoms with Gasteiger partial charge in [-0.25, -0.2) is 8.78 Å². The normalized spacial score (nSPS) is 18.5. The number of halogens is 5. The SMILES string of the molecule is OC(C(F)F)C(O)C(F)(F)F. The first-order chi connectivity index (χ1) is 4.76. The van der Waals surface area contributed by atoms with Crippen molar-refractivity contribution >= 4 is 0 Å². The summed E-state index contributed by atoms with van der Waals surface area (Å²) in [6.45, 7) is 0. The molecule has 0 aliphatic carbocycles. The van der Waals surface area contributed by atoms with Crippen LogP contribution in [0.25, 0.3) is 0 Å². The van der Waals surface area contributed by atoms with Crippen LogP contribution in [-0.4, -0.2) is 35.0 Å². The maximum Gasteiger partial charge on any atom is 0.417 e. The molecule has 0 aromatic carbocycles. The van der Waals surface area contributed by atoms with Crippen LogP contribution in [0.3, 0.4) is 0 Å². The first-order valence-electron chi connectivity index (χ1n) is 2.48. The van der Waals surface area contributed by atoms with Crippen LogP contribution in [0, 0.1) is 0 Å². The summed E-state index contributed by atoms with van der Waals surface area (Å²) in [6, 6.07) is 0. The van der Waals surface area contributed by atoms with Gasteiger partial charge in [0.15, 0.2) is 6.10 Å². The third-order valence-electron chi connectivity index (χ3n) is 0.917. The summed E-state index contributed by atoms with van der Waals surface area (Å²) in [5, 5.41) is 16.0. The molecule has 0 fully saturated rings. The van der Waals surface area contributed by atoms with Gasteiger partial charge in [-0.05, 0) is 0 Å². The topological polar surface area (TPSA) is 40.5 Å². The van der Waals surface area contributed by atoms with Crippen LogP contribution < -0.4 is 0 Å². The number of rotatable bonds is 2. The van der Waals surface area contributed by atoms with E-state index in [-0.39, 0.29) is 0 Å². The molecule has 0 rings (SSSR count). The van der Waals surface area contributed by atoms with Crippen LogP contribution in [-0.2, 0) is 0 Å². The van der Waals surface area contributed by atoms with Crippen molar-refractivity contribution in [1.29, 1.82) is 0 Å². The molecule has 11 heavy (non-hydrogen) atoms. The average molecular weight is 180 g/mol. The maximum atomic E-state index is 11.3. The van der Waals surface area contributed by atoms with E-state index in [4.69, 9.17) is 10.2 Å². The number of hydrogen-bond donors (Lipinski definition) is 2. The highest BCUT2D eigenvalue weighted by atomic mass is 19.4. The van der Waals surface area contributed by atoms with Crippen LogP contribution in [0.2, 0.25) is 0 Å². The predicted molar refractivity (Wildman–Crippen MR) is 24.1 cm³/mol. The molecule has 0 aliphatic heterocycles. The molecule has 0 saturated carbocycles.